The van der Waals surface area contributed by atoms with Gasteiger partial charge in [0.15, 0.2) is 6.10 Å². The average Bonchev–Trinajstić information content (AvgIpc) is 2.81. The Morgan fingerprint density at radius 2 is 1.73 bits per heavy atom. The zero-order chi connectivity index (χ0) is 24.9. The highest BCUT2D eigenvalue weighted by Crippen LogP contribution is 2.27. The average molecular weight is 474 g/mol. The summed E-state index contributed by atoms with van der Waals surface area (Å²) in [6.07, 6.45) is -9.28. The maximum absolute atomic E-state index is 12.1. The number of aliphatic carboxylic acids is 1. The van der Waals surface area contributed by atoms with E-state index in [1.54, 1.807) is 6.92 Å². The predicted octanol–water partition coefficient (Wildman–Crippen LogP) is -1.87. The van der Waals surface area contributed by atoms with Crippen molar-refractivity contribution in [1.82, 2.24) is 0 Å². The molecule has 1 saturated heterocycles. The molecule has 12 nitrogen and oxygen atoms in total. The molecule has 33 heavy (non-hydrogen) atoms. The van der Waals surface area contributed by atoms with Gasteiger partial charge in [-0.15, -0.1) is 0 Å². The molecule has 8 unspecified atom stereocenters. The summed E-state index contributed by atoms with van der Waals surface area (Å²) in [6, 6.07) is 5.79. The molecule has 0 aromatic heterocycles. The van der Waals surface area contributed by atoms with Crippen molar-refractivity contribution in [2.45, 2.75) is 69.3 Å². The van der Waals surface area contributed by atoms with Crippen LogP contribution in [0, 0.1) is 5.92 Å². The molecule has 1 heterocycles. The van der Waals surface area contributed by atoms with E-state index < -0.39 is 66.9 Å². The van der Waals surface area contributed by atoms with E-state index in [9.17, 15) is 45.3 Å². The molecule has 0 aliphatic carbocycles. The molecule has 1 aliphatic rings. The topological polar surface area (TPSA) is 203 Å². The molecular formula is C21H30O12. The summed E-state index contributed by atoms with van der Waals surface area (Å²) in [6.45, 7) is 2.05. The lowest BCUT2D eigenvalue weighted by Gasteiger charge is -2.39. The second-order valence-electron chi connectivity index (χ2n) is 7.91. The zero-order valence-electron chi connectivity index (χ0n) is 18.1. The van der Waals surface area contributed by atoms with Crippen molar-refractivity contribution in [3.05, 3.63) is 29.8 Å². The Morgan fingerprint density at radius 1 is 1.12 bits per heavy atom. The Kier molecular flexibility index (Phi) is 9.14. The van der Waals surface area contributed by atoms with Crippen LogP contribution in [0.1, 0.15) is 25.8 Å². The second-order valence-corrected chi connectivity index (χ2v) is 7.91. The van der Waals surface area contributed by atoms with Crippen molar-refractivity contribution < 1.29 is 59.5 Å². The number of hydrogen-bond acceptors (Lipinski definition) is 11. The lowest BCUT2D eigenvalue weighted by Crippen LogP contribution is -2.60. The molecule has 0 saturated carbocycles. The Balaban J connectivity index is 1.98. The molecule has 12 heteroatoms. The molecule has 1 fully saturated rings. The highest BCUT2D eigenvalue weighted by molar-refractivity contribution is 5.88. The van der Waals surface area contributed by atoms with Crippen LogP contribution >= 0.6 is 0 Å². The summed E-state index contributed by atoms with van der Waals surface area (Å²) in [5.41, 5.74) is -2.27. The number of carboxylic acid groups (broad SMARTS) is 1. The Labute approximate surface area is 189 Å². The third kappa shape index (κ3) is 5.79. The van der Waals surface area contributed by atoms with Gasteiger partial charge in [-0.3, -0.25) is 0 Å². The van der Waals surface area contributed by atoms with Crippen molar-refractivity contribution in [2.24, 2.45) is 5.92 Å². The van der Waals surface area contributed by atoms with Gasteiger partial charge in [-0.2, -0.15) is 0 Å². The first kappa shape index (κ1) is 26.9. The van der Waals surface area contributed by atoms with Crippen LogP contribution < -0.4 is 4.74 Å². The maximum atomic E-state index is 12.1. The van der Waals surface area contributed by atoms with Crippen molar-refractivity contribution in [1.29, 1.82) is 0 Å². The van der Waals surface area contributed by atoms with Gasteiger partial charge in [0.25, 0.3) is 0 Å². The molecule has 7 N–H and O–H groups in total. The third-order valence-corrected chi connectivity index (χ3v) is 5.75. The molecule has 0 radical (unpaired) electrons. The molecule has 0 bridgehead atoms. The van der Waals surface area contributed by atoms with Crippen LogP contribution in [0.15, 0.2) is 24.3 Å². The van der Waals surface area contributed by atoms with E-state index in [-0.39, 0.29) is 18.8 Å². The summed E-state index contributed by atoms with van der Waals surface area (Å²) in [7, 11) is 0. The molecule has 186 valence electrons. The van der Waals surface area contributed by atoms with Gasteiger partial charge >= 0.3 is 11.9 Å². The van der Waals surface area contributed by atoms with E-state index in [0.717, 1.165) is 0 Å². The van der Waals surface area contributed by atoms with E-state index >= 15 is 0 Å². The minimum absolute atomic E-state index is 0.187. The minimum atomic E-state index is -2.70. The van der Waals surface area contributed by atoms with Gasteiger partial charge in [-0.25, -0.2) is 9.59 Å². The lowest BCUT2D eigenvalue weighted by molar-refractivity contribution is -0.277. The fourth-order valence-corrected chi connectivity index (χ4v) is 3.28. The van der Waals surface area contributed by atoms with Crippen molar-refractivity contribution in [3.8, 4) is 5.75 Å². The van der Waals surface area contributed by atoms with Crippen LogP contribution in [0.2, 0.25) is 0 Å². The second kappa shape index (κ2) is 11.2. The van der Waals surface area contributed by atoms with Crippen LogP contribution in [-0.2, 0) is 25.7 Å². The van der Waals surface area contributed by atoms with Gasteiger partial charge in [-0.1, -0.05) is 32.4 Å². The van der Waals surface area contributed by atoms with Gasteiger partial charge in [0.1, 0.15) is 36.8 Å². The summed E-state index contributed by atoms with van der Waals surface area (Å²) >= 11 is 0. The number of hydrogen-bond donors (Lipinski definition) is 7. The SMILES string of the molecule is CCC(C)C(O)(C(=O)O)C(O)C(=O)OCc1ccc(OC2OC(CO)C(O)C(O)C2O)cc1. The van der Waals surface area contributed by atoms with Crippen LogP contribution in [0.3, 0.4) is 0 Å². The van der Waals surface area contributed by atoms with E-state index in [4.69, 9.17) is 14.2 Å². The predicted molar refractivity (Wildman–Crippen MR) is 109 cm³/mol. The fraction of sp³-hybridized carbons (Fsp3) is 0.619. The number of carbonyl (C=O) groups is 2. The van der Waals surface area contributed by atoms with Crippen LogP contribution in [0.5, 0.6) is 5.75 Å². The van der Waals surface area contributed by atoms with Crippen molar-refractivity contribution >= 4 is 11.9 Å². The van der Waals surface area contributed by atoms with Gasteiger partial charge in [0.2, 0.25) is 11.9 Å². The van der Waals surface area contributed by atoms with Crippen LogP contribution in [0.4, 0.5) is 0 Å². The number of ether oxygens (including phenoxy) is 3. The number of carbonyl (C=O) groups excluding carboxylic acids is 1. The fourth-order valence-electron chi connectivity index (χ4n) is 3.28. The van der Waals surface area contributed by atoms with Gasteiger partial charge in [0, 0.05) is 0 Å². The molecule has 8 atom stereocenters. The molecule has 2 rings (SSSR count). The van der Waals surface area contributed by atoms with E-state index in [1.165, 1.54) is 31.2 Å². The molecule has 0 spiro atoms. The Bertz CT molecular complexity index is 797. The highest BCUT2D eigenvalue weighted by Gasteiger charge is 2.52. The number of esters is 1. The number of benzene rings is 1. The largest absolute Gasteiger partial charge is 0.479 e. The van der Waals surface area contributed by atoms with Crippen LogP contribution in [-0.4, -0.2) is 96.7 Å². The highest BCUT2D eigenvalue weighted by atomic mass is 16.7. The molecule has 1 aromatic carbocycles. The number of aliphatic hydroxyl groups excluding tert-OH is 5. The lowest BCUT2D eigenvalue weighted by atomic mass is 9.82. The summed E-state index contributed by atoms with van der Waals surface area (Å²) in [4.78, 5) is 23.6. The summed E-state index contributed by atoms with van der Waals surface area (Å²) < 4.78 is 15.6. The first-order chi connectivity index (χ1) is 15.5. The Morgan fingerprint density at radius 3 is 2.24 bits per heavy atom. The number of aliphatic hydroxyl groups is 6. The molecule has 1 aromatic rings. The van der Waals surface area contributed by atoms with Gasteiger partial charge in [-0.05, 0) is 23.6 Å². The number of carboxylic acids is 1. The van der Waals surface area contributed by atoms with Gasteiger partial charge in [0.05, 0.1) is 6.61 Å². The maximum Gasteiger partial charge on any atom is 0.339 e. The smallest absolute Gasteiger partial charge is 0.339 e. The standard InChI is InChI=1S/C21H30O12/c1-3-10(2)21(30,20(28)29)17(26)18(27)31-9-11-4-6-12(7-5-11)32-19-16(25)15(24)14(23)13(8-22)33-19/h4-7,10,13-17,19,22-26,30H,3,8-9H2,1-2H3,(H,28,29). The van der Waals surface area contributed by atoms with Crippen molar-refractivity contribution in [3.63, 3.8) is 0 Å². The minimum Gasteiger partial charge on any atom is -0.479 e. The van der Waals surface area contributed by atoms with Gasteiger partial charge < -0.3 is 50.0 Å². The van der Waals surface area contributed by atoms with E-state index in [0.29, 0.717) is 5.56 Å². The first-order valence-electron chi connectivity index (χ1n) is 10.3. The first-order valence-corrected chi connectivity index (χ1v) is 10.3. The quantitative estimate of drug-likeness (QED) is 0.186. The zero-order valence-corrected chi connectivity index (χ0v) is 18.1. The molecular weight excluding hydrogens is 444 g/mol. The normalized spacial score (nSPS) is 28.9. The van der Waals surface area contributed by atoms with Crippen molar-refractivity contribution in [2.75, 3.05) is 6.61 Å². The number of rotatable bonds is 10. The monoisotopic (exact) mass is 474 g/mol. The van der Waals surface area contributed by atoms with E-state index in [1.807, 2.05) is 0 Å². The van der Waals surface area contributed by atoms with E-state index in [2.05, 4.69) is 0 Å². The summed E-state index contributed by atoms with van der Waals surface area (Å²) in [5, 5.41) is 68.5. The van der Waals surface area contributed by atoms with Crippen LogP contribution in [0.25, 0.3) is 0 Å². The Hall–Kier alpha value is -2.32. The summed E-state index contributed by atoms with van der Waals surface area (Å²) in [5.74, 6) is -3.78. The molecule has 0 amide bonds. The molecule has 1 aliphatic heterocycles. The third-order valence-electron chi connectivity index (χ3n) is 5.75.